The van der Waals surface area contributed by atoms with E-state index in [9.17, 15) is 8.78 Å². The molecule has 3 aliphatic rings. The molecule has 3 aromatic rings. The van der Waals surface area contributed by atoms with Crippen molar-refractivity contribution in [1.29, 1.82) is 0 Å². The number of halogens is 3. The highest BCUT2D eigenvalue weighted by Gasteiger charge is 2.60. The Hall–Kier alpha value is -2.34. The van der Waals surface area contributed by atoms with Gasteiger partial charge < -0.3 is 9.26 Å². The van der Waals surface area contributed by atoms with Gasteiger partial charge in [-0.3, -0.25) is 4.90 Å². The van der Waals surface area contributed by atoms with E-state index in [0.717, 1.165) is 24.3 Å². The molecule has 190 valence electrons. The molecule has 6 heterocycles. The molecule has 0 aliphatic carbocycles. The molecule has 36 heavy (non-hydrogen) atoms. The summed E-state index contributed by atoms with van der Waals surface area (Å²) in [7, 11) is 0. The van der Waals surface area contributed by atoms with Crippen LogP contribution in [-0.2, 0) is 11.3 Å². The standard InChI is InChI=1S/C24H25ClF2N6O2S/c1-14-16(12-33(30-14)21-17(4-3-7-28-21)22-29-15(2)31-35-22)11-32-8-5-23(6-9-32)20-18(10-19(25)36-20)24(26,27)13-34-23/h3-4,7,10,12,18,20H,5-6,8-9,11,13H2,1-2H3. The highest BCUT2D eigenvalue weighted by atomic mass is 35.5. The lowest BCUT2D eigenvalue weighted by Crippen LogP contribution is -2.61. The van der Waals surface area contributed by atoms with E-state index in [1.807, 2.05) is 25.3 Å². The van der Waals surface area contributed by atoms with Gasteiger partial charge in [0.1, 0.15) is 6.61 Å². The molecule has 2 saturated heterocycles. The monoisotopic (exact) mass is 534 g/mol. The van der Waals surface area contributed by atoms with Crippen molar-refractivity contribution in [2.75, 3.05) is 19.7 Å². The second-order valence-electron chi connectivity index (χ2n) is 9.63. The molecule has 3 aromatic heterocycles. The number of piperidine rings is 1. The van der Waals surface area contributed by atoms with Crippen LogP contribution >= 0.6 is 23.4 Å². The Balaban J connectivity index is 1.17. The predicted octanol–water partition coefficient (Wildman–Crippen LogP) is 4.75. The Labute approximate surface area is 216 Å². The number of nitrogens with zero attached hydrogens (tertiary/aromatic N) is 6. The smallest absolute Gasteiger partial charge is 0.278 e. The van der Waals surface area contributed by atoms with Crippen molar-refractivity contribution in [2.45, 2.75) is 50.0 Å². The van der Waals surface area contributed by atoms with E-state index in [1.165, 1.54) is 17.8 Å². The molecule has 0 bridgehead atoms. The number of alkyl halides is 2. The van der Waals surface area contributed by atoms with Gasteiger partial charge in [-0.2, -0.15) is 10.1 Å². The Morgan fingerprint density at radius 2 is 2.06 bits per heavy atom. The molecule has 0 radical (unpaired) electrons. The van der Waals surface area contributed by atoms with Crippen molar-refractivity contribution >= 4 is 23.4 Å². The zero-order chi connectivity index (χ0) is 25.1. The highest BCUT2D eigenvalue weighted by molar-refractivity contribution is 8.05. The normalized spacial score (nSPS) is 25.2. The van der Waals surface area contributed by atoms with Crippen molar-refractivity contribution in [2.24, 2.45) is 5.92 Å². The molecular formula is C24H25ClF2N6O2S. The Kier molecular flexibility index (Phi) is 5.94. The van der Waals surface area contributed by atoms with Crippen LogP contribution in [0.2, 0.25) is 0 Å². The lowest BCUT2D eigenvalue weighted by Gasteiger charge is -2.51. The summed E-state index contributed by atoms with van der Waals surface area (Å²) in [5.74, 6) is -2.20. The van der Waals surface area contributed by atoms with Gasteiger partial charge in [0.25, 0.3) is 11.8 Å². The predicted molar refractivity (Wildman–Crippen MR) is 131 cm³/mol. The second-order valence-corrected chi connectivity index (χ2v) is 11.4. The van der Waals surface area contributed by atoms with E-state index in [0.29, 0.717) is 46.8 Å². The molecule has 2 fully saturated rings. The number of hydrogen-bond acceptors (Lipinski definition) is 8. The van der Waals surface area contributed by atoms with Crippen LogP contribution < -0.4 is 0 Å². The first kappa shape index (κ1) is 24.0. The molecule has 8 nitrogen and oxygen atoms in total. The summed E-state index contributed by atoms with van der Waals surface area (Å²) in [4.78, 5) is 11.2. The van der Waals surface area contributed by atoms with Crippen molar-refractivity contribution in [3.63, 3.8) is 0 Å². The maximum atomic E-state index is 14.5. The number of aromatic nitrogens is 5. The van der Waals surface area contributed by atoms with Gasteiger partial charge in [-0.25, -0.2) is 18.4 Å². The average molecular weight is 535 g/mol. The number of likely N-dealkylation sites (tertiary alicyclic amines) is 1. The van der Waals surface area contributed by atoms with Gasteiger partial charge in [0.15, 0.2) is 11.6 Å². The minimum atomic E-state index is -2.88. The summed E-state index contributed by atoms with van der Waals surface area (Å²) >= 11 is 7.50. The van der Waals surface area contributed by atoms with Crippen molar-refractivity contribution in [3.05, 3.63) is 52.0 Å². The molecule has 2 unspecified atom stereocenters. The SMILES string of the molecule is Cc1noc(-c2cccnc2-n2cc(CN3CCC4(CC3)OCC(F)(F)C3C=C(Cl)SC34)c(C)n2)n1. The number of pyridine rings is 1. The topological polar surface area (TPSA) is 82.1 Å². The molecule has 0 N–H and O–H groups in total. The van der Waals surface area contributed by atoms with E-state index < -0.39 is 24.0 Å². The van der Waals surface area contributed by atoms with Gasteiger partial charge in [0.05, 0.1) is 32.4 Å². The first-order chi connectivity index (χ1) is 17.2. The Bertz CT molecular complexity index is 1320. The third kappa shape index (κ3) is 4.15. The first-order valence-corrected chi connectivity index (χ1v) is 13.1. The highest BCUT2D eigenvalue weighted by Crippen LogP contribution is 2.56. The van der Waals surface area contributed by atoms with Crippen LogP contribution in [0, 0.1) is 19.8 Å². The fraction of sp³-hybridized carbons (Fsp3) is 0.500. The quantitative estimate of drug-likeness (QED) is 0.474. The molecule has 0 aromatic carbocycles. The van der Waals surface area contributed by atoms with E-state index in [4.69, 9.17) is 26.0 Å². The summed E-state index contributed by atoms with van der Waals surface area (Å²) in [5.41, 5.74) is 2.09. The third-order valence-electron chi connectivity index (χ3n) is 7.29. The van der Waals surface area contributed by atoms with Crippen LogP contribution in [0.3, 0.4) is 0 Å². The average Bonchev–Trinajstić information content (AvgIpc) is 3.57. The Morgan fingerprint density at radius 3 is 2.81 bits per heavy atom. The number of fused-ring (bicyclic) bond motifs is 2. The molecule has 6 rings (SSSR count). The molecule has 12 heteroatoms. The lowest BCUT2D eigenvalue weighted by molar-refractivity contribution is -0.215. The number of allylic oxidation sites excluding steroid dienone is 1. The lowest BCUT2D eigenvalue weighted by atomic mass is 9.77. The number of ether oxygens (including phenoxy) is 1. The number of aryl methyl sites for hydroxylation is 2. The van der Waals surface area contributed by atoms with E-state index in [2.05, 4.69) is 20.0 Å². The fourth-order valence-corrected chi connectivity index (χ4v) is 7.16. The van der Waals surface area contributed by atoms with Crippen LogP contribution in [0.25, 0.3) is 17.3 Å². The summed E-state index contributed by atoms with van der Waals surface area (Å²) in [6.45, 7) is 5.37. The van der Waals surface area contributed by atoms with Crippen molar-refractivity contribution < 1.29 is 18.0 Å². The molecule has 1 spiro atoms. The summed E-state index contributed by atoms with van der Waals surface area (Å²) in [6, 6.07) is 3.69. The van der Waals surface area contributed by atoms with Crippen LogP contribution in [0.15, 0.2) is 39.5 Å². The number of rotatable bonds is 4. The number of hydrogen-bond donors (Lipinski definition) is 0. The molecule has 0 amide bonds. The molecular weight excluding hydrogens is 510 g/mol. The van der Waals surface area contributed by atoms with Gasteiger partial charge in [0, 0.05) is 37.6 Å². The fourth-order valence-electron chi connectivity index (χ4n) is 5.33. The second kappa shape index (κ2) is 8.90. The van der Waals surface area contributed by atoms with Crippen LogP contribution in [0.4, 0.5) is 8.78 Å². The van der Waals surface area contributed by atoms with Crippen molar-refractivity contribution in [3.8, 4) is 17.3 Å². The Morgan fingerprint density at radius 1 is 1.25 bits per heavy atom. The van der Waals surface area contributed by atoms with E-state index in [-0.39, 0.29) is 5.25 Å². The van der Waals surface area contributed by atoms with Gasteiger partial charge in [-0.15, -0.1) is 11.8 Å². The molecule has 0 saturated carbocycles. The van der Waals surface area contributed by atoms with Gasteiger partial charge in [0.2, 0.25) is 0 Å². The summed E-state index contributed by atoms with van der Waals surface area (Å²) in [5, 5.41) is 8.23. The zero-order valence-corrected chi connectivity index (χ0v) is 21.4. The zero-order valence-electron chi connectivity index (χ0n) is 19.8. The van der Waals surface area contributed by atoms with Gasteiger partial charge in [-0.1, -0.05) is 16.8 Å². The first-order valence-electron chi connectivity index (χ1n) is 11.8. The van der Waals surface area contributed by atoms with Gasteiger partial charge in [-0.05, 0) is 44.9 Å². The minimum absolute atomic E-state index is 0.351. The van der Waals surface area contributed by atoms with Crippen molar-refractivity contribution in [1.82, 2.24) is 29.8 Å². The molecule has 3 aliphatic heterocycles. The summed E-state index contributed by atoms with van der Waals surface area (Å²) in [6.07, 6.45) is 6.56. The van der Waals surface area contributed by atoms with E-state index in [1.54, 1.807) is 17.8 Å². The maximum absolute atomic E-state index is 14.5. The minimum Gasteiger partial charge on any atom is -0.367 e. The maximum Gasteiger partial charge on any atom is 0.278 e. The van der Waals surface area contributed by atoms with Crippen LogP contribution in [0.1, 0.15) is 29.9 Å². The van der Waals surface area contributed by atoms with Gasteiger partial charge >= 0.3 is 0 Å². The largest absolute Gasteiger partial charge is 0.367 e. The molecule has 2 atom stereocenters. The van der Waals surface area contributed by atoms with Crippen LogP contribution in [0.5, 0.6) is 0 Å². The summed E-state index contributed by atoms with van der Waals surface area (Å²) < 4.78 is 42.4. The van der Waals surface area contributed by atoms with E-state index >= 15 is 0 Å². The van der Waals surface area contributed by atoms with Crippen LogP contribution in [-0.4, -0.2) is 66.3 Å². The third-order valence-corrected chi connectivity index (χ3v) is 9.02. The number of thioether (sulfide) groups is 1.